The fraction of sp³-hybridized carbons (Fsp3) is 0.350. The van der Waals surface area contributed by atoms with E-state index in [0.29, 0.717) is 6.54 Å². The average molecular weight is 357 g/mol. The van der Waals surface area contributed by atoms with E-state index < -0.39 is 11.6 Å². The molecule has 2 aromatic rings. The minimum absolute atomic E-state index is 0.00199. The number of nitrogens with zero attached hydrogens (tertiary/aromatic N) is 2. The summed E-state index contributed by atoms with van der Waals surface area (Å²) in [5.74, 6) is -0.737. The largest absolute Gasteiger partial charge is 0.497 e. The Bertz CT molecular complexity index is 773. The predicted octanol–water partition coefficient (Wildman–Crippen LogP) is 4.09. The van der Waals surface area contributed by atoms with Crippen LogP contribution in [0, 0.1) is 23.0 Å². The zero-order valence-electron chi connectivity index (χ0n) is 14.6. The van der Waals surface area contributed by atoms with Gasteiger partial charge >= 0.3 is 0 Å². The lowest BCUT2D eigenvalue weighted by molar-refractivity contribution is 0.255. The van der Waals surface area contributed by atoms with Gasteiger partial charge in [0.25, 0.3) is 0 Å². The van der Waals surface area contributed by atoms with Crippen LogP contribution in [-0.2, 0) is 0 Å². The van der Waals surface area contributed by atoms with Gasteiger partial charge in [0.1, 0.15) is 11.4 Å². The van der Waals surface area contributed by atoms with Crippen LogP contribution in [0.2, 0.25) is 0 Å². The van der Waals surface area contributed by atoms with E-state index in [1.807, 2.05) is 24.3 Å². The molecule has 0 saturated carbocycles. The summed E-state index contributed by atoms with van der Waals surface area (Å²) in [6.07, 6.45) is 2.23. The van der Waals surface area contributed by atoms with Crippen LogP contribution in [-0.4, -0.2) is 31.6 Å². The smallest absolute Gasteiger partial charge is 0.150 e. The molecule has 4 nitrogen and oxygen atoms in total. The van der Waals surface area contributed by atoms with Gasteiger partial charge in [-0.25, -0.2) is 8.78 Å². The van der Waals surface area contributed by atoms with Gasteiger partial charge in [-0.05, 0) is 55.8 Å². The van der Waals surface area contributed by atoms with Crippen LogP contribution in [0.4, 0.5) is 14.5 Å². The summed E-state index contributed by atoms with van der Waals surface area (Å²) in [4.78, 5) is 2.31. The van der Waals surface area contributed by atoms with Crippen molar-refractivity contribution in [2.45, 2.75) is 18.9 Å². The summed E-state index contributed by atoms with van der Waals surface area (Å²) in [5, 5.41) is 11.7. The Morgan fingerprint density at radius 2 is 1.77 bits per heavy atom. The third kappa shape index (κ3) is 3.94. The zero-order valence-corrected chi connectivity index (χ0v) is 14.6. The van der Waals surface area contributed by atoms with Crippen LogP contribution in [0.1, 0.15) is 30.0 Å². The van der Waals surface area contributed by atoms with Crippen LogP contribution < -0.4 is 10.1 Å². The van der Waals surface area contributed by atoms with Gasteiger partial charge in [0.05, 0.1) is 24.8 Å². The van der Waals surface area contributed by atoms with Crippen molar-refractivity contribution in [3.63, 3.8) is 0 Å². The maximum absolute atomic E-state index is 14.1. The van der Waals surface area contributed by atoms with Crippen LogP contribution >= 0.6 is 0 Å². The van der Waals surface area contributed by atoms with Gasteiger partial charge in [-0.15, -0.1) is 0 Å². The summed E-state index contributed by atoms with van der Waals surface area (Å²) in [6, 6.07) is 11.6. The van der Waals surface area contributed by atoms with E-state index in [9.17, 15) is 8.78 Å². The molecule has 2 aromatic carbocycles. The summed E-state index contributed by atoms with van der Waals surface area (Å²) >= 11 is 0. The number of anilines is 1. The molecule has 1 N–H and O–H groups in total. The Morgan fingerprint density at radius 3 is 2.31 bits per heavy atom. The standard InChI is InChI=1S/C20H21F2N3O/c1-26-16-6-4-15(5-7-16)19(25-8-2-3-9-25)13-24-20-17(21)10-14(12-23)11-18(20)22/h4-7,10-11,19,24H,2-3,8-9,13H2,1H3. The third-order valence-electron chi connectivity index (χ3n) is 4.73. The van der Waals surface area contributed by atoms with Gasteiger partial charge in [-0.3, -0.25) is 4.90 Å². The second-order valence-corrected chi connectivity index (χ2v) is 6.34. The number of halogens is 2. The number of methoxy groups -OCH3 is 1. The van der Waals surface area contributed by atoms with Crippen molar-refractivity contribution in [2.75, 3.05) is 32.1 Å². The molecule has 1 heterocycles. The molecular formula is C20H21F2N3O. The number of nitriles is 1. The molecule has 0 amide bonds. The van der Waals surface area contributed by atoms with Crippen molar-refractivity contribution in [3.05, 3.63) is 59.2 Å². The number of likely N-dealkylation sites (tertiary alicyclic amines) is 1. The predicted molar refractivity (Wildman–Crippen MR) is 96.1 cm³/mol. The number of hydrogen-bond donors (Lipinski definition) is 1. The lowest BCUT2D eigenvalue weighted by Crippen LogP contribution is -2.31. The SMILES string of the molecule is COc1ccc(C(CNc2c(F)cc(C#N)cc2F)N2CCCC2)cc1. The van der Waals surface area contributed by atoms with E-state index in [2.05, 4.69) is 10.2 Å². The summed E-state index contributed by atoms with van der Waals surface area (Å²) in [5.41, 5.74) is 0.841. The highest BCUT2D eigenvalue weighted by Gasteiger charge is 2.24. The molecule has 1 fully saturated rings. The Labute approximate surface area is 152 Å². The number of rotatable bonds is 6. The number of nitrogens with one attached hydrogen (secondary N) is 1. The maximum atomic E-state index is 14.1. The highest BCUT2D eigenvalue weighted by atomic mass is 19.1. The first-order valence-electron chi connectivity index (χ1n) is 8.63. The first-order chi connectivity index (χ1) is 12.6. The van der Waals surface area contributed by atoms with E-state index in [1.165, 1.54) is 0 Å². The minimum Gasteiger partial charge on any atom is -0.497 e. The first-order valence-corrected chi connectivity index (χ1v) is 8.63. The van der Waals surface area contributed by atoms with E-state index in [4.69, 9.17) is 10.00 Å². The molecule has 0 radical (unpaired) electrons. The lowest BCUT2D eigenvalue weighted by atomic mass is 10.0. The number of ether oxygens (including phenoxy) is 1. The molecule has 136 valence electrons. The van der Waals surface area contributed by atoms with Gasteiger partial charge in [-0.1, -0.05) is 12.1 Å². The maximum Gasteiger partial charge on any atom is 0.150 e. The molecule has 1 saturated heterocycles. The van der Waals surface area contributed by atoms with Crippen molar-refractivity contribution < 1.29 is 13.5 Å². The van der Waals surface area contributed by atoms with E-state index >= 15 is 0 Å². The number of hydrogen-bond acceptors (Lipinski definition) is 4. The van der Waals surface area contributed by atoms with Crippen molar-refractivity contribution in [1.82, 2.24) is 4.90 Å². The lowest BCUT2D eigenvalue weighted by Gasteiger charge is -2.29. The Kier molecular flexibility index (Phi) is 5.69. The first kappa shape index (κ1) is 18.2. The quantitative estimate of drug-likeness (QED) is 0.846. The molecule has 1 atom stereocenters. The Balaban J connectivity index is 1.81. The third-order valence-corrected chi connectivity index (χ3v) is 4.73. The molecule has 3 rings (SSSR count). The molecule has 0 spiro atoms. The molecule has 0 aliphatic carbocycles. The molecule has 1 aliphatic rings. The van der Waals surface area contributed by atoms with Gasteiger partial charge in [0.2, 0.25) is 0 Å². The molecule has 0 aromatic heterocycles. The Morgan fingerprint density at radius 1 is 1.15 bits per heavy atom. The molecule has 26 heavy (non-hydrogen) atoms. The van der Waals surface area contributed by atoms with Crippen molar-refractivity contribution in [1.29, 1.82) is 5.26 Å². The topological polar surface area (TPSA) is 48.3 Å². The molecular weight excluding hydrogens is 336 g/mol. The molecule has 0 bridgehead atoms. The fourth-order valence-corrected chi connectivity index (χ4v) is 3.34. The molecule has 1 aliphatic heterocycles. The van der Waals surface area contributed by atoms with Crippen LogP contribution in [0.3, 0.4) is 0 Å². The van der Waals surface area contributed by atoms with Crippen molar-refractivity contribution in [3.8, 4) is 11.8 Å². The van der Waals surface area contributed by atoms with Crippen LogP contribution in [0.15, 0.2) is 36.4 Å². The molecule has 1 unspecified atom stereocenters. The summed E-state index contributed by atoms with van der Waals surface area (Å²) in [6.45, 7) is 2.28. The van der Waals surface area contributed by atoms with E-state index in [1.54, 1.807) is 13.2 Å². The van der Waals surface area contributed by atoms with Crippen LogP contribution in [0.5, 0.6) is 5.75 Å². The fourth-order valence-electron chi connectivity index (χ4n) is 3.34. The normalized spacial score (nSPS) is 15.5. The van der Waals surface area contributed by atoms with Gasteiger partial charge in [0.15, 0.2) is 11.6 Å². The van der Waals surface area contributed by atoms with Gasteiger partial charge in [0, 0.05) is 6.54 Å². The highest BCUT2D eigenvalue weighted by Crippen LogP contribution is 2.28. The van der Waals surface area contributed by atoms with Gasteiger partial charge < -0.3 is 10.1 Å². The monoisotopic (exact) mass is 357 g/mol. The summed E-state index contributed by atoms with van der Waals surface area (Å²) < 4.78 is 33.5. The van der Waals surface area contributed by atoms with Crippen molar-refractivity contribution >= 4 is 5.69 Å². The van der Waals surface area contributed by atoms with E-state index in [-0.39, 0.29) is 17.3 Å². The summed E-state index contributed by atoms with van der Waals surface area (Å²) in [7, 11) is 1.62. The van der Waals surface area contributed by atoms with Crippen LogP contribution in [0.25, 0.3) is 0 Å². The zero-order chi connectivity index (χ0) is 18.5. The second kappa shape index (κ2) is 8.15. The number of benzene rings is 2. The highest BCUT2D eigenvalue weighted by molar-refractivity contribution is 5.50. The van der Waals surface area contributed by atoms with Crippen molar-refractivity contribution in [2.24, 2.45) is 0 Å². The van der Waals surface area contributed by atoms with Gasteiger partial charge in [-0.2, -0.15) is 5.26 Å². The Hall–Kier alpha value is -2.65. The van der Waals surface area contributed by atoms with E-state index in [0.717, 1.165) is 49.4 Å². The second-order valence-electron chi connectivity index (χ2n) is 6.34. The minimum atomic E-state index is -0.753. The average Bonchev–Trinajstić information content (AvgIpc) is 3.18. The molecule has 6 heteroatoms.